The van der Waals surface area contributed by atoms with Gasteiger partial charge in [-0.3, -0.25) is 0 Å². The molecule has 1 saturated heterocycles. The highest BCUT2D eigenvalue weighted by Gasteiger charge is 2.34. The lowest BCUT2D eigenvalue weighted by Crippen LogP contribution is -2.28. The number of hydrogen-bond acceptors (Lipinski definition) is 5. The normalized spacial score (nSPS) is 22.3. The molecule has 2 fully saturated rings. The van der Waals surface area contributed by atoms with Gasteiger partial charge in [-0.15, -0.1) is 0 Å². The molecule has 2 aromatic heterocycles. The third-order valence-corrected chi connectivity index (χ3v) is 8.17. The van der Waals surface area contributed by atoms with Crippen molar-refractivity contribution in [3.05, 3.63) is 65.3 Å². The van der Waals surface area contributed by atoms with Crippen molar-refractivity contribution in [3.8, 4) is 11.1 Å². The Morgan fingerprint density at radius 1 is 0.973 bits per heavy atom. The van der Waals surface area contributed by atoms with E-state index in [1.54, 1.807) is 13.2 Å². The van der Waals surface area contributed by atoms with Crippen LogP contribution >= 0.6 is 0 Å². The van der Waals surface area contributed by atoms with Crippen LogP contribution in [0.25, 0.3) is 22.2 Å². The summed E-state index contributed by atoms with van der Waals surface area (Å²) in [6.07, 6.45) is 6.22. The summed E-state index contributed by atoms with van der Waals surface area (Å²) >= 11 is 0. The van der Waals surface area contributed by atoms with E-state index >= 15 is 0 Å². The Morgan fingerprint density at radius 2 is 1.78 bits per heavy atom. The first-order valence-electron chi connectivity index (χ1n) is 13.1. The second kappa shape index (κ2) is 9.56. The predicted molar refractivity (Wildman–Crippen MR) is 139 cm³/mol. The minimum absolute atomic E-state index is 0.0140. The van der Waals surface area contributed by atoms with Crippen LogP contribution in [0.15, 0.2) is 40.9 Å². The Balaban J connectivity index is 1.46. The van der Waals surface area contributed by atoms with E-state index in [-0.39, 0.29) is 6.04 Å². The van der Waals surface area contributed by atoms with Crippen molar-refractivity contribution in [1.82, 2.24) is 14.7 Å². The number of fused-ring (bicyclic) bond motifs is 1. The second-order valence-corrected chi connectivity index (χ2v) is 10.4. The minimum atomic E-state index is -0.825. The number of imidazole rings is 1. The zero-order valence-electron chi connectivity index (χ0n) is 21.5. The van der Waals surface area contributed by atoms with Crippen molar-refractivity contribution in [2.24, 2.45) is 0 Å². The first kappa shape index (κ1) is 24.1. The summed E-state index contributed by atoms with van der Waals surface area (Å²) in [5.41, 5.74) is 5.62. The molecule has 4 aromatic rings. The fourth-order valence-electron chi connectivity index (χ4n) is 6.33. The summed E-state index contributed by atoms with van der Waals surface area (Å²) in [4.78, 5) is 7.40. The van der Waals surface area contributed by atoms with Gasteiger partial charge in [-0.25, -0.2) is 13.8 Å². The van der Waals surface area contributed by atoms with Gasteiger partial charge in [0.05, 0.1) is 28.9 Å². The second-order valence-electron chi connectivity index (χ2n) is 10.4. The van der Waals surface area contributed by atoms with Crippen molar-refractivity contribution >= 4 is 16.7 Å². The van der Waals surface area contributed by atoms with Gasteiger partial charge in [0.2, 0.25) is 0 Å². The van der Waals surface area contributed by atoms with Gasteiger partial charge >= 0.3 is 0 Å². The highest BCUT2D eigenvalue weighted by atomic mass is 19.2. The lowest BCUT2D eigenvalue weighted by Gasteiger charge is -2.33. The predicted octanol–water partition coefficient (Wildman–Crippen LogP) is 7.06. The molecule has 1 atom stereocenters. The van der Waals surface area contributed by atoms with Gasteiger partial charge in [0, 0.05) is 37.0 Å². The fourth-order valence-corrected chi connectivity index (χ4v) is 6.33. The van der Waals surface area contributed by atoms with Gasteiger partial charge in [0.1, 0.15) is 11.6 Å². The molecule has 2 aromatic carbocycles. The first-order valence-corrected chi connectivity index (χ1v) is 13.1. The molecular weight excluding hydrogens is 474 g/mol. The van der Waals surface area contributed by atoms with Gasteiger partial charge in [-0.2, -0.15) is 0 Å². The molecular formula is C29H32F2N4O2. The number of ether oxygens (including phenoxy) is 1. The van der Waals surface area contributed by atoms with Crippen molar-refractivity contribution in [1.29, 1.82) is 0 Å². The SMILES string of the molecule is COC1CCC(n2c([C@@H]3CCCN3c3ccc(F)c(F)c3)nc3cc(-c4c(C)noc4C)ccc32)CC1. The zero-order valence-corrected chi connectivity index (χ0v) is 21.5. The third kappa shape index (κ3) is 4.21. The number of hydrogen-bond donors (Lipinski definition) is 0. The summed E-state index contributed by atoms with van der Waals surface area (Å²) < 4.78 is 41.3. The number of aryl methyl sites for hydroxylation is 2. The Hall–Kier alpha value is -3.26. The van der Waals surface area contributed by atoms with E-state index in [1.807, 2.05) is 13.8 Å². The van der Waals surface area contributed by atoms with Crippen LogP contribution in [0.2, 0.25) is 0 Å². The van der Waals surface area contributed by atoms with Crippen molar-refractivity contribution in [2.75, 3.05) is 18.6 Å². The third-order valence-electron chi connectivity index (χ3n) is 8.17. The van der Waals surface area contributed by atoms with E-state index < -0.39 is 11.6 Å². The summed E-state index contributed by atoms with van der Waals surface area (Å²) in [5, 5.41) is 4.13. The summed E-state index contributed by atoms with van der Waals surface area (Å²) in [5.74, 6) is 0.135. The van der Waals surface area contributed by atoms with Crippen LogP contribution in [0.4, 0.5) is 14.5 Å². The maximum absolute atomic E-state index is 14.2. The quantitative estimate of drug-likeness (QED) is 0.290. The molecule has 2 aliphatic rings. The number of anilines is 1. The zero-order chi connectivity index (χ0) is 25.7. The minimum Gasteiger partial charge on any atom is -0.381 e. The molecule has 6 nitrogen and oxygen atoms in total. The number of nitrogens with zero attached hydrogens (tertiary/aromatic N) is 4. The van der Waals surface area contributed by atoms with Crippen molar-refractivity contribution < 1.29 is 18.0 Å². The van der Waals surface area contributed by atoms with E-state index in [2.05, 4.69) is 32.8 Å². The lowest BCUT2D eigenvalue weighted by molar-refractivity contribution is 0.0584. The van der Waals surface area contributed by atoms with Crippen LogP contribution < -0.4 is 4.90 Å². The van der Waals surface area contributed by atoms with Gasteiger partial charge in [-0.1, -0.05) is 11.2 Å². The smallest absolute Gasteiger partial charge is 0.160 e. The topological polar surface area (TPSA) is 56.3 Å². The van der Waals surface area contributed by atoms with Crippen LogP contribution in [-0.2, 0) is 4.74 Å². The van der Waals surface area contributed by atoms with E-state index in [0.717, 1.165) is 84.5 Å². The molecule has 37 heavy (non-hydrogen) atoms. The molecule has 194 valence electrons. The van der Waals surface area contributed by atoms with E-state index in [4.69, 9.17) is 14.2 Å². The number of rotatable bonds is 5. The maximum atomic E-state index is 14.2. The number of benzene rings is 2. The van der Waals surface area contributed by atoms with Gasteiger partial charge in [-0.05, 0) is 82.2 Å². The Morgan fingerprint density at radius 3 is 2.49 bits per heavy atom. The molecule has 1 aliphatic carbocycles. The maximum Gasteiger partial charge on any atom is 0.160 e. The molecule has 6 rings (SSSR count). The Labute approximate surface area is 215 Å². The molecule has 0 N–H and O–H groups in total. The van der Waals surface area contributed by atoms with E-state index in [1.165, 1.54) is 12.1 Å². The van der Waals surface area contributed by atoms with Crippen molar-refractivity contribution in [2.45, 2.75) is 70.6 Å². The molecule has 1 saturated carbocycles. The van der Waals surface area contributed by atoms with Crippen LogP contribution in [0.5, 0.6) is 0 Å². The fraction of sp³-hybridized carbons (Fsp3) is 0.448. The first-order chi connectivity index (χ1) is 17.9. The summed E-state index contributed by atoms with van der Waals surface area (Å²) in [7, 11) is 1.79. The molecule has 0 unspecified atom stereocenters. The highest BCUT2D eigenvalue weighted by Crippen LogP contribution is 2.42. The molecule has 3 heterocycles. The Bertz CT molecular complexity index is 1420. The number of halogens is 2. The number of aromatic nitrogens is 3. The van der Waals surface area contributed by atoms with Crippen LogP contribution in [0, 0.1) is 25.5 Å². The average Bonchev–Trinajstić information content (AvgIpc) is 3.62. The van der Waals surface area contributed by atoms with Crippen molar-refractivity contribution in [3.63, 3.8) is 0 Å². The highest BCUT2D eigenvalue weighted by molar-refractivity contribution is 5.84. The summed E-state index contributed by atoms with van der Waals surface area (Å²) in [6.45, 7) is 4.66. The molecule has 8 heteroatoms. The Kier molecular flexibility index (Phi) is 6.23. The molecule has 0 amide bonds. The lowest BCUT2D eigenvalue weighted by atomic mass is 9.92. The largest absolute Gasteiger partial charge is 0.381 e. The molecule has 0 radical (unpaired) electrons. The molecule has 1 aliphatic heterocycles. The molecule has 0 bridgehead atoms. The summed E-state index contributed by atoms with van der Waals surface area (Å²) in [6, 6.07) is 10.9. The van der Waals surface area contributed by atoms with Crippen LogP contribution in [0.3, 0.4) is 0 Å². The van der Waals surface area contributed by atoms with Crippen LogP contribution in [-0.4, -0.2) is 34.5 Å². The number of methoxy groups -OCH3 is 1. The van der Waals surface area contributed by atoms with Gasteiger partial charge in [0.25, 0.3) is 0 Å². The van der Waals surface area contributed by atoms with Gasteiger partial charge in [0.15, 0.2) is 11.6 Å². The van der Waals surface area contributed by atoms with Crippen LogP contribution in [0.1, 0.15) is 67.9 Å². The monoisotopic (exact) mass is 506 g/mol. The van der Waals surface area contributed by atoms with E-state index in [9.17, 15) is 8.78 Å². The van der Waals surface area contributed by atoms with E-state index in [0.29, 0.717) is 17.8 Å². The molecule has 0 spiro atoms. The standard InChI is InChI=1S/C29H32F2N4O2/c1-17-28(18(2)37-33-17)19-6-13-26-25(15-19)32-29(35(26)20-7-10-22(36-3)11-8-20)27-5-4-14-34(27)21-9-12-23(30)24(31)16-21/h6,9,12-13,15-16,20,22,27H,4-5,7-8,10-11,14H2,1-3H3/t20?,22?,27-/m0/s1. The average molecular weight is 507 g/mol. The van der Waals surface area contributed by atoms with Gasteiger partial charge < -0.3 is 18.7 Å².